The van der Waals surface area contributed by atoms with Crippen LogP contribution < -0.4 is 9.47 Å². The van der Waals surface area contributed by atoms with E-state index in [9.17, 15) is 9.59 Å². The van der Waals surface area contributed by atoms with Gasteiger partial charge in [0.1, 0.15) is 30.9 Å². The van der Waals surface area contributed by atoms with E-state index in [1.165, 1.54) is 7.05 Å². The largest absolute Gasteiger partial charge is 0.490 e. The van der Waals surface area contributed by atoms with E-state index < -0.39 is 11.9 Å². The molecule has 160 valence electrons. The van der Waals surface area contributed by atoms with Gasteiger partial charge in [-0.3, -0.25) is 4.99 Å². The van der Waals surface area contributed by atoms with Gasteiger partial charge in [0, 0.05) is 7.05 Å². The molecule has 3 aromatic rings. The van der Waals surface area contributed by atoms with Gasteiger partial charge in [0.25, 0.3) is 0 Å². The van der Waals surface area contributed by atoms with Crippen LogP contribution in [0.1, 0.15) is 15.9 Å². The molecule has 0 bridgehead atoms. The maximum Gasteiger partial charge on any atom is 0.349 e. The zero-order valence-corrected chi connectivity index (χ0v) is 17.4. The number of nitriles is 1. The number of hydrogen-bond donors (Lipinski definition) is 0. The number of rotatable bonds is 8. The Morgan fingerprint density at radius 2 is 1.47 bits per heavy atom. The molecule has 7 heteroatoms. The molecule has 0 amide bonds. The summed E-state index contributed by atoms with van der Waals surface area (Å²) in [5, 5.41) is 8.89. The first-order valence-electron chi connectivity index (χ1n) is 9.73. The average Bonchev–Trinajstić information content (AvgIpc) is 2.83. The number of hydrogen-bond acceptors (Lipinski definition) is 7. The lowest BCUT2D eigenvalue weighted by atomic mass is 10.0. The summed E-state index contributed by atoms with van der Waals surface area (Å²) in [6, 6.07) is 22.9. The summed E-state index contributed by atoms with van der Waals surface area (Å²) in [7, 11) is 1.48. The SMILES string of the molecule is CN=CC(=O)OCCOc1ccc(C(=O)Oc2ccc(-c3ccc(C#N)cc3)cc2)cc1. The van der Waals surface area contributed by atoms with Gasteiger partial charge >= 0.3 is 11.9 Å². The number of benzene rings is 3. The highest BCUT2D eigenvalue weighted by Crippen LogP contribution is 2.23. The Morgan fingerprint density at radius 3 is 2.06 bits per heavy atom. The van der Waals surface area contributed by atoms with Crippen LogP contribution in [0.2, 0.25) is 0 Å². The second-order valence-corrected chi connectivity index (χ2v) is 6.53. The number of carbonyl (C=O) groups is 2. The van der Waals surface area contributed by atoms with Gasteiger partial charge in [-0.15, -0.1) is 0 Å². The molecule has 7 nitrogen and oxygen atoms in total. The summed E-state index contributed by atoms with van der Waals surface area (Å²) in [5.74, 6) is -0.0618. The lowest BCUT2D eigenvalue weighted by Gasteiger charge is -2.08. The summed E-state index contributed by atoms with van der Waals surface area (Å²) in [5.41, 5.74) is 2.88. The average molecular weight is 428 g/mol. The fraction of sp³-hybridized carbons (Fsp3) is 0.120. The molecule has 0 radical (unpaired) electrons. The Bertz CT molecular complexity index is 1130. The fourth-order valence-electron chi connectivity index (χ4n) is 2.75. The maximum absolute atomic E-state index is 12.4. The molecule has 0 aliphatic rings. The Kier molecular flexibility index (Phi) is 7.71. The van der Waals surface area contributed by atoms with Crippen molar-refractivity contribution in [3.05, 3.63) is 83.9 Å². The van der Waals surface area contributed by atoms with Crippen molar-refractivity contribution in [3.63, 3.8) is 0 Å². The van der Waals surface area contributed by atoms with Crippen molar-refractivity contribution in [2.75, 3.05) is 20.3 Å². The van der Waals surface area contributed by atoms with Gasteiger partial charge in [0.15, 0.2) is 0 Å². The second-order valence-electron chi connectivity index (χ2n) is 6.53. The molecule has 0 aromatic heterocycles. The minimum Gasteiger partial charge on any atom is -0.490 e. The summed E-state index contributed by atoms with van der Waals surface area (Å²) >= 11 is 0. The van der Waals surface area contributed by atoms with Gasteiger partial charge < -0.3 is 14.2 Å². The van der Waals surface area contributed by atoms with Crippen molar-refractivity contribution in [1.82, 2.24) is 0 Å². The normalized spacial score (nSPS) is 10.4. The molecular formula is C25H20N2O5. The molecule has 0 unspecified atom stereocenters. The van der Waals surface area contributed by atoms with Gasteiger partial charge in [-0.05, 0) is 59.7 Å². The highest BCUT2D eigenvalue weighted by atomic mass is 16.6. The quantitative estimate of drug-likeness (QED) is 0.232. The Hall–Kier alpha value is -4.44. The first-order chi connectivity index (χ1) is 15.6. The third-order valence-electron chi connectivity index (χ3n) is 4.33. The number of carbonyl (C=O) groups excluding carboxylic acids is 2. The van der Waals surface area contributed by atoms with Gasteiger partial charge in [0.05, 0.1) is 17.2 Å². The van der Waals surface area contributed by atoms with Crippen molar-refractivity contribution in [3.8, 4) is 28.7 Å². The molecule has 3 rings (SSSR count). The highest BCUT2D eigenvalue weighted by Gasteiger charge is 2.09. The van der Waals surface area contributed by atoms with Gasteiger partial charge in [-0.1, -0.05) is 24.3 Å². The van der Waals surface area contributed by atoms with Crippen LogP contribution in [0.15, 0.2) is 77.8 Å². The summed E-state index contributed by atoms with van der Waals surface area (Å²) < 4.78 is 15.8. The van der Waals surface area contributed by atoms with Crippen LogP contribution >= 0.6 is 0 Å². The minimum absolute atomic E-state index is 0.0904. The Labute approximate surface area is 185 Å². The lowest BCUT2D eigenvalue weighted by Crippen LogP contribution is -2.13. The van der Waals surface area contributed by atoms with Gasteiger partial charge in [-0.2, -0.15) is 5.26 Å². The standard InChI is InChI=1S/C25H20N2O5/c1-27-17-24(28)31-15-14-30-22-10-8-21(9-11-22)25(29)32-23-12-6-20(7-13-23)19-4-2-18(16-26)3-5-19/h2-13,17H,14-15H2,1H3. The zero-order valence-electron chi connectivity index (χ0n) is 17.4. The van der Waals surface area contributed by atoms with Gasteiger partial charge in [0.2, 0.25) is 0 Å². The molecule has 0 fully saturated rings. The predicted molar refractivity (Wildman–Crippen MR) is 119 cm³/mol. The van der Waals surface area contributed by atoms with Crippen LogP contribution in [0.3, 0.4) is 0 Å². The monoisotopic (exact) mass is 428 g/mol. The molecule has 0 aliphatic heterocycles. The van der Waals surface area contributed by atoms with E-state index in [0.717, 1.165) is 17.3 Å². The topological polar surface area (TPSA) is 98.0 Å². The third-order valence-corrected chi connectivity index (χ3v) is 4.33. The number of esters is 2. The molecular weight excluding hydrogens is 408 g/mol. The molecule has 0 aliphatic carbocycles. The van der Waals surface area contributed by atoms with Crippen molar-refractivity contribution in [1.29, 1.82) is 5.26 Å². The molecule has 0 atom stereocenters. The Morgan fingerprint density at radius 1 is 0.875 bits per heavy atom. The van der Waals surface area contributed by atoms with Crippen molar-refractivity contribution < 1.29 is 23.8 Å². The summed E-state index contributed by atoms with van der Waals surface area (Å²) in [6.45, 7) is 0.270. The van der Waals surface area contributed by atoms with E-state index >= 15 is 0 Å². The minimum atomic E-state index is -0.529. The summed E-state index contributed by atoms with van der Waals surface area (Å²) in [6.07, 6.45) is 1.08. The smallest absolute Gasteiger partial charge is 0.349 e. The van der Waals surface area contributed by atoms with E-state index in [4.69, 9.17) is 19.5 Å². The molecule has 0 heterocycles. The van der Waals surface area contributed by atoms with Crippen LogP contribution in [0.4, 0.5) is 0 Å². The number of nitrogens with zero attached hydrogens (tertiary/aromatic N) is 2. The van der Waals surface area contributed by atoms with Gasteiger partial charge in [-0.25, -0.2) is 9.59 Å². The molecule has 0 saturated heterocycles. The molecule has 0 saturated carbocycles. The number of ether oxygens (including phenoxy) is 3. The van der Waals surface area contributed by atoms with Crippen LogP contribution in [0.5, 0.6) is 11.5 Å². The number of aliphatic imine (C=N–C) groups is 1. The molecule has 0 N–H and O–H groups in total. The Balaban J connectivity index is 1.51. The van der Waals surface area contributed by atoms with E-state index in [-0.39, 0.29) is 13.2 Å². The van der Waals surface area contributed by atoms with Crippen LogP contribution in [0.25, 0.3) is 11.1 Å². The van der Waals surface area contributed by atoms with E-state index in [2.05, 4.69) is 11.1 Å². The second kappa shape index (κ2) is 11.1. The van der Waals surface area contributed by atoms with Crippen LogP contribution in [-0.2, 0) is 9.53 Å². The predicted octanol–water partition coefficient (Wildman–Crippen LogP) is 4.07. The van der Waals surface area contributed by atoms with Crippen LogP contribution in [-0.4, -0.2) is 38.4 Å². The summed E-state index contributed by atoms with van der Waals surface area (Å²) in [4.78, 5) is 27.1. The molecule has 32 heavy (non-hydrogen) atoms. The maximum atomic E-state index is 12.4. The third kappa shape index (κ3) is 6.28. The molecule has 3 aromatic carbocycles. The van der Waals surface area contributed by atoms with E-state index in [1.54, 1.807) is 48.5 Å². The highest BCUT2D eigenvalue weighted by molar-refractivity contribution is 6.23. The fourth-order valence-corrected chi connectivity index (χ4v) is 2.75. The van der Waals surface area contributed by atoms with Crippen LogP contribution in [0, 0.1) is 11.3 Å². The van der Waals surface area contributed by atoms with E-state index in [1.807, 2.05) is 24.3 Å². The molecule has 0 spiro atoms. The van der Waals surface area contributed by atoms with Crippen molar-refractivity contribution in [2.45, 2.75) is 0 Å². The van der Waals surface area contributed by atoms with Crippen molar-refractivity contribution >= 4 is 18.2 Å². The zero-order chi connectivity index (χ0) is 22.8. The van der Waals surface area contributed by atoms with Crippen molar-refractivity contribution in [2.24, 2.45) is 4.99 Å². The first-order valence-corrected chi connectivity index (χ1v) is 9.73. The van der Waals surface area contributed by atoms with E-state index in [0.29, 0.717) is 22.6 Å². The lowest BCUT2D eigenvalue weighted by molar-refractivity contribution is -0.135. The first kappa shape index (κ1) is 22.2.